The molecule has 1 saturated heterocycles. The van der Waals surface area contributed by atoms with Crippen molar-refractivity contribution in [2.24, 2.45) is 11.7 Å². The minimum absolute atomic E-state index is 0.0947. The molecule has 4 nitrogen and oxygen atoms in total. The minimum Gasteiger partial charge on any atom is -0.369 e. The number of likely N-dealkylation sites (tertiary alicyclic amines) is 1. The van der Waals surface area contributed by atoms with Crippen LogP contribution in [0.15, 0.2) is 18.2 Å². The summed E-state index contributed by atoms with van der Waals surface area (Å²) in [5, 5.41) is 3.93. The van der Waals surface area contributed by atoms with E-state index in [1.54, 1.807) is 0 Å². The van der Waals surface area contributed by atoms with Crippen LogP contribution in [-0.4, -0.2) is 29.0 Å². The number of thiocarbonyl (C=S) groups is 1. The highest BCUT2D eigenvalue weighted by atomic mass is 32.1. The Balaban J connectivity index is 2.02. The van der Waals surface area contributed by atoms with Crippen LogP contribution in [0.25, 0.3) is 0 Å². The van der Waals surface area contributed by atoms with Gasteiger partial charge in [-0.05, 0) is 62.2 Å². The Kier molecular flexibility index (Phi) is 4.60. The van der Waals surface area contributed by atoms with Gasteiger partial charge in [0, 0.05) is 18.8 Å². The number of aryl methyl sites for hydroxylation is 2. The molecule has 1 aliphatic rings. The van der Waals surface area contributed by atoms with Crippen molar-refractivity contribution in [1.82, 2.24) is 4.90 Å². The Labute approximate surface area is 125 Å². The van der Waals surface area contributed by atoms with E-state index in [-0.39, 0.29) is 11.8 Å². The molecule has 1 atom stereocenters. The lowest BCUT2D eigenvalue weighted by molar-refractivity contribution is -0.122. The Morgan fingerprint density at radius 1 is 1.35 bits per heavy atom. The number of carbonyl (C=O) groups excluding carboxylic acids is 1. The van der Waals surface area contributed by atoms with Gasteiger partial charge < -0.3 is 16.0 Å². The van der Waals surface area contributed by atoms with E-state index in [1.807, 2.05) is 4.90 Å². The first-order chi connectivity index (χ1) is 9.45. The van der Waals surface area contributed by atoms with Crippen LogP contribution in [0, 0.1) is 19.8 Å². The van der Waals surface area contributed by atoms with Gasteiger partial charge in [-0.15, -0.1) is 0 Å². The van der Waals surface area contributed by atoms with Crippen molar-refractivity contribution < 1.29 is 4.79 Å². The summed E-state index contributed by atoms with van der Waals surface area (Å²) in [6.07, 6.45) is 1.81. The summed E-state index contributed by atoms with van der Waals surface area (Å²) in [5.74, 6) is -0.327. The van der Waals surface area contributed by atoms with Crippen LogP contribution in [0.1, 0.15) is 24.0 Å². The molecular weight excluding hydrogens is 270 g/mol. The molecule has 108 valence electrons. The molecule has 0 unspecified atom stereocenters. The normalized spacial score (nSPS) is 18.7. The van der Waals surface area contributed by atoms with Crippen molar-refractivity contribution in [3.63, 3.8) is 0 Å². The maximum absolute atomic E-state index is 11.3. The van der Waals surface area contributed by atoms with Crippen LogP contribution >= 0.6 is 12.2 Å². The van der Waals surface area contributed by atoms with Crippen LogP contribution in [0.3, 0.4) is 0 Å². The van der Waals surface area contributed by atoms with Crippen LogP contribution < -0.4 is 11.1 Å². The lowest BCUT2D eigenvalue weighted by Gasteiger charge is -2.33. The van der Waals surface area contributed by atoms with Crippen molar-refractivity contribution in [2.75, 3.05) is 18.4 Å². The number of hydrogen-bond donors (Lipinski definition) is 2. The average Bonchev–Trinajstić information content (AvgIpc) is 2.37. The van der Waals surface area contributed by atoms with Crippen molar-refractivity contribution >= 4 is 28.9 Å². The van der Waals surface area contributed by atoms with Gasteiger partial charge in [-0.2, -0.15) is 0 Å². The number of carbonyl (C=O) groups is 1. The standard InChI is InChI=1S/C15H21N3OS/c1-10-6-11(2)8-13(7-10)17-15(20)18-5-3-4-12(9-18)14(16)19/h6-8,12H,3-5,9H2,1-2H3,(H2,16,19)(H,17,20)/t12-/m0/s1. The molecule has 5 heteroatoms. The molecule has 0 spiro atoms. The summed E-state index contributed by atoms with van der Waals surface area (Å²) in [7, 11) is 0. The molecule has 1 aromatic rings. The molecule has 1 amide bonds. The number of anilines is 1. The number of amides is 1. The molecule has 3 N–H and O–H groups in total. The number of primary amides is 1. The molecule has 0 bridgehead atoms. The average molecular weight is 291 g/mol. The molecule has 1 heterocycles. The summed E-state index contributed by atoms with van der Waals surface area (Å²) < 4.78 is 0. The number of nitrogens with one attached hydrogen (secondary N) is 1. The number of rotatable bonds is 2. The van der Waals surface area contributed by atoms with Gasteiger partial charge in [-0.25, -0.2) is 0 Å². The third-order valence-corrected chi connectivity index (χ3v) is 3.94. The van der Waals surface area contributed by atoms with Crippen LogP contribution in [0.5, 0.6) is 0 Å². The summed E-state index contributed by atoms with van der Waals surface area (Å²) in [6.45, 7) is 5.61. The Morgan fingerprint density at radius 2 is 2.00 bits per heavy atom. The van der Waals surface area contributed by atoms with Gasteiger partial charge in [-0.1, -0.05) is 6.07 Å². The second-order valence-electron chi connectivity index (χ2n) is 5.49. The highest BCUT2D eigenvalue weighted by molar-refractivity contribution is 7.80. The van der Waals surface area contributed by atoms with Crippen molar-refractivity contribution in [3.05, 3.63) is 29.3 Å². The first-order valence-corrected chi connectivity index (χ1v) is 7.30. The lowest BCUT2D eigenvalue weighted by Crippen LogP contribution is -2.45. The van der Waals surface area contributed by atoms with Crippen molar-refractivity contribution in [3.8, 4) is 0 Å². The van der Waals surface area contributed by atoms with E-state index in [9.17, 15) is 4.79 Å². The predicted octanol–water partition coefficient (Wildman–Crippen LogP) is 2.20. The first kappa shape index (κ1) is 14.8. The minimum atomic E-state index is -0.232. The maximum Gasteiger partial charge on any atom is 0.222 e. The highest BCUT2D eigenvalue weighted by Gasteiger charge is 2.25. The fraction of sp³-hybridized carbons (Fsp3) is 0.467. The molecule has 1 aromatic carbocycles. The molecular formula is C15H21N3OS. The second kappa shape index (κ2) is 6.22. The maximum atomic E-state index is 11.3. The van der Waals surface area contributed by atoms with Gasteiger partial charge in [0.2, 0.25) is 5.91 Å². The topological polar surface area (TPSA) is 58.4 Å². The van der Waals surface area contributed by atoms with Crippen LogP contribution in [0.2, 0.25) is 0 Å². The van der Waals surface area contributed by atoms with Gasteiger partial charge in [0.1, 0.15) is 0 Å². The van der Waals surface area contributed by atoms with E-state index < -0.39 is 0 Å². The summed E-state index contributed by atoms with van der Waals surface area (Å²) in [5.41, 5.74) is 8.78. The third kappa shape index (κ3) is 3.70. The van der Waals surface area contributed by atoms with E-state index >= 15 is 0 Å². The Hall–Kier alpha value is -1.62. The zero-order chi connectivity index (χ0) is 14.7. The molecule has 2 rings (SSSR count). The summed E-state index contributed by atoms with van der Waals surface area (Å²) >= 11 is 5.44. The lowest BCUT2D eigenvalue weighted by atomic mass is 9.98. The smallest absolute Gasteiger partial charge is 0.222 e. The molecule has 20 heavy (non-hydrogen) atoms. The number of hydrogen-bond acceptors (Lipinski definition) is 2. The van der Waals surface area contributed by atoms with Gasteiger partial charge in [0.05, 0.1) is 5.92 Å². The summed E-state index contributed by atoms with van der Waals surface area (Å²) in [4.78, 5) is 13.3. The molecule has 0 aromatic heterocycles. The van der Waals surface area contributed by atoms with E-state index in [1.165, 1.54) is 11.1 Å². The second-order valence-corrected chi connectivity index (χ2v) is 5.88. The zero-order valence-corrected chi connectivity index (χ0v) is 12.8. The van der Waals surface area contributed by atoms with Gasteiger partial charge in [0.25, 0.3) is 0 Å². The number of piperidine rings is 1. The van der Waals surface area contributed by atoms with Gasteiger partial charge in [0.15, 0.2) is 5.11 Å². The fourth-order valence-corrected chi connectivity index (χ4v) is 2.93. The summed E-state index contributed by atoms with van der Waals surface area (Å²) in [6, 6.07) is 6.25. The first-order valence-electron chi connectivity index (χ1n) is 6.89. The number of benzene rings is 1. The Morgan fingerprint density at radius 3 is 2.60 bits per heavy atom. The number of nitrogens with two attached hydrogens (primary N) is 1. The van der Waals surface area contributed by atoms with E-state index in [0.29, 0.717) is 11.7 Å². The highest BCUT2D eigenvalue weighted by Crippen LogP contribution is 2.19. The van der Waals surface area contributed by atoms with Gasteiger partial charge >= 0.3 is 0 Å². The van der Waals surface area contributed by atoms with Gasteiger partial charge in [-0.3, -0.25) is 4.79 Å². The molecule has 1 fully saturated rings. The van der Waals surface area contributed by atoms with Crippen molar-refractivity contribution in [1.29, 1.82) is 0 Å². The SMILES string of the molecule is Cc1cc(C)cc(NC(=S)N2CCC[C@H](C(N)=O)C2)c1. The molecule has 1 aliphatic heterocycles. The quantitative estimate of drug-likeness (QED) is 0.820. The van der Waals surface area contributed by atoms with E-state index in [2.05, 4.69) is 37.4 Å². The molecule has 0 aliphatic carbocycles. The third-order valence-electron chi connectivity index (χ3n) is 3.58. The molecule has 0 radical (unpaired) electrons. The number of nitrogens with zero attached hydrogens (tertiary/aromatic N) is 1. The predicted molar refractivity (Wildman–Crippen MR) is 85.6 cm³/mol. The van der Waals surface area contributed by atoms with E-state index in [4.69, 9.17) is 18.0 Å². The Bertz CT molecular complexity index is 510. The van der Waals surface area contributed by atoms with E-state index in [0.717, 1.165) is 25.1 Å². The van der Waals surface area contributed by atoms with Crippen molar-refractivity contribution in [2.45, 2.75) is 26.7 Å². The van der Waals surface area contributed by atoms with Crippen LogP contribution in [-0.2, 0) is 4.79 Å². The fourth-order valence-electron chi connectivity index (χ4n) is 2.64. The molecule has 0 saturated carbocycles. The monoisotopic (exact) mass is 291 g/mol. The van der Waals surface area contributed by atoms with Crippen LogP contribution in [0.4, 0.5) is 5.69 Å². The zero-order valence-electron chi connectivity index (χ0n) is 12.0. The largest absolute Gasteiger partial charge is 0.369 e.